The Morgan fingerprint density at radius 1 is 1.24 bits per heavy atom. The smallest absolute Gasteiger partial charge is 0.311 e. The molecule has 2 aromatic carbocycles. The number of benzene rings is 2. The van der Waals surface area contributed by atoms with Gasteiger partial charge in [0.05, 0.1) is 9.95 Å². The van der Waals surface area contributed by atoms with Gasteiger partial charge in [-0.15, -0.1) is 0 Å². The van der Waals surface area contributed by atoms with Crippen molar-refractivity contribution in [2.45, 2.75) is 13.3 Å². The van der Waals surface area contributed by atoms with Crippen molar-refractivity contribution in [3.8, 4) is 11.5 Å². The lowest BCUT2D eigenvalue weighted by Crippen LogP contribution is -1.95. The molecule has 5 nitrogen and oxygen atoms in total. The van der Waals surface area contributed by atoms with Gasteiger partial charge >= 0.3 is 5.69 Å². The zero-order valence-electron chi connectivity index (χ0n) is 11.2. The second kappa shape index (κ2) is 6.37. The normalized spacial score (nSPS) is 10.2. The minimum atomic E-state index is -0.498. The van der Waals surface area contributed by atoms with E-state index in [0.717, 1.165) is 5.56 Å². The van der Waals surface area contributed by atoms with Crippen LogP contribution in [0.5, 0.6) is 11.5 Å². The van der Waals surface area contributed by atoms with Gasteiger partial charge in [0.15, 0.2) is 0 Å². The SMILES string of the molecule is CCc1ccc(Oc2ccc(C=O)cc2Cl)c([N+](=O)[O-])c1. The molecular weight excluding hydrogens is 294 g/mol. The first-order chi connectivity index (χ1) is 10.0. The quantitative estimate of drug-likeness (QED) is 0.466. The Morgan fingerprint density at radius 3 is 2.52 bits per heavy atom. The van der Waals surface area contributed by atoms with Crippen LogP contribution in [0.4, 0.5) is 5.69 Å². The lowest BCUT2D eigenvalue weighted by molar-refractivity contribution is -0.385. The molecule has 0 spiro atoms. The van der Waals surface area contributed by atoms with Gasteiger partial charge in [0.2, 0.25) is 5.75 Å². The van der Waals surface area contributed by atoms with Crippen LogP contribution in [-0.4, -0.2) is 11.2 Å². The number of nitrogens with zero attached hydrogens (tertiary/aromatic N) is 1. The van der Waals surface area contributed by atoms with Crippen LogP contribution in [0.2, 0.25) is 5.02 Å². The van der Waals surface area contributed by atoms with Crippen molar-refractivity contribution in [2.75, 3.05) is 0 Å². The molecule has 0 saturated heterocycles. The summed E-state index contributed by atoms with van der Waals surface area (Å²) in [5.74, 6) is 0.368. The van der Waals surface area contributed by atoms with Crippen LogP contribution in [0.1, 0.15) is 22.8 Å². The van der Waals surface area contributed by atoms with E-state index in [1.807, 2.05) is 6.92 Å². The molecule has 0 saturated carbocycles. The van der Waals surface area contributed by atoms with Gasteiger partial charge in [-0.2, -0.15) is 0 Å². The fourth-order valence-electron chi connectivity index (χ4n) is 1.80. The van der Waals surface area contributed by atoms with Crippen LogP contribution >= 0.6 is 11.6 Å². The Kier molecular flexibility index (Phi) is 4.55. The lowest BCUT2D eigenvalue weighted by Gasteiger charge is -2.09. The number of aryl methyl sites for hydroxylation is 1. The maximum atomic E-state index is 11.1. The minimum Gasteiger partial charge on any atom is -0.449 e. The van der Waals surface area contributed by atoms with Crippen molar-refractivity contribution in [3.05, 3.63) is 62.7 Å². The van der Waals surface area contributed by atoms with E-state index in [1.165, 1.54) is 24.3 Å². The maximum Gasteiger partial charge on any atom is 0.311 e. The number of hydrogen-bond acceptors (Lipinski definition) is 4. The number of halogens is 1. The van der Waals surface area contributed by atoms with Gasteiger partial charge in [-0.25, -0.2) is 0 Å². The van der Waals surface area contributed by atoms with Crippen molar-refractivity contribution in [3.63, 3.8) is 0 Å². The highest BCUT2D eigenvalue weighted by atomic mass is 35.5. The molecule has 0 atom stereocenters. The minimum absolute atomic E-state index is 0.109. The highest BCUT2D eigenvalue weighted by molar-refractivity contribution is 6.32. The topological polar surface area (TPSA) is 69.4 Å². The monoisotopic (exact) mass is 305 g/mol. The molecule has 0 bridgehead atoms. The van der Waals surface area contributed by atoms with E-state index < -0.39 is 4.92 Å². The van der Waals surface area contributed by atoms with E-state index in [9.17, 15) is 14.9 Å². The molecule has 21 heavy (non-hydrogen) atoms. The fourth-order valence-corrected chi connectivity index (χ4v) is 2.03. The zero-order valence-corrected chi connectivity index (χ0v) is 12.0. The Hall–Kier alpha value is -2.40. The van der Waals surface area contributed by atoms with Crippen LogP contribution in [0, 0.1) is 10.1 Å². The Morgan fingerprint density at radius 2 is 1.95 bits per heavy atom. The van der Waals surface area contributed by atoms with Gasteiger partial charge in [-0.1, -0.05) is 24.6 Å². The number of aldehydes is 1. The molecule has 0 heterocycles. The van der Waals surface area contributed by atoms with E-state index in [2.05, 4.69) is 0 Å². The standard InChI is InChI=1S/C15H12ClNO4/c1-2-10-3-6-15(13(8-10)17(19)20)21-14-5-4-11(9-18)7-12(14)16/h3-9H,2H2,1H3. The molecule has 108 valence electrons. The number of rotatable bonds is 5. The third kappa shape index (κ3) is 3.38. The molecule has 0 radical (unpaired) electrons. The summed E-state index contributed by atoms with van der Waals surface area (Å²) in [5, 5.41) is 11.3. The molecule has 2 aromatic rings. The van der Waals surface area contributed by atoms with Crippen molar-refractivity contribution >= 4 is 23.6 Å². The largest absolute Gasteiger partial charge is 0.449 e. The average Bonchev–Trinajstić information content (AvgIpc) is 2.49. The van der Waals surface area contributed by atoms with Crippen molar-refractivity contribution in [1.29, 1.82) is 0 Å². The summed E-state index contributed by atoms with van der Waals surface area (Å²) in [7, 11) is 0. The Bertz CT molecular complexity index is 700. The van der Waals surface area contributed by atoms with Gasteiger partial charge in [-0.3, -0.25) is 14.9 Å². The lowest BCUT2D eigenvalue weighted by atomic mass is 10.1. The summed E-state index contributed by atoms with van der Waals surface area (Å²) in [4.78, 5) is 21.3. The second-order valence-electron chi connectivity index (χ2n) is 4.32. The molecule has 0 aliphatic heterocycles. The molecule has 0 unspecified atom stereocenters. The molecular formula is C15H12ClNO4. The van der Waals surface area contributed by atoms with Crippen LogP contribution in [0.3, 0.4) is 0 Å². The van der Waals surface area contributed by atoms with E-state index in [0.29, 0.717) is 18.3 Å². The summed E-state index contributed by atoms with van der Waals surface area (Å²) in [6.45, 7) is 1.91. The van der Waals surface area contributed by atoms with Crippen LogP contribution in [0.15, 0.2) is 36.4 Å². The van der Waals surface area contributed by atoms with E-state index in [1.54, 1.807) is 12.1 Å². The molecule has 0 fully saturated rings. The first-order valence-electron chi connectivity index (χ1n) is 6.25. The molecule has 0 aliphatic carbocycles. The van der Waals surface area contributed by atoms with Crippen molar-refractivity contribution in [2.24, 2.45) is 0 Å². The zero-order chi connectivity index (χ0) is 15.4. The third-order valence-electron chi connectivity index (χ3n) is 2.94. The maximum absolute atomic E-state index is 11.1. The molecule has 2 rings (SSSR count). The Labute approximate surface area is 126 Å². The number of nitro benzene ring substituents is 1. The second-order valence-corrected chi connectivity index (χ2v) is 4.73. The first kappa shape index (κ1) is 15.0. The first-order valence-corrected chi connectivity index (χ1v) is 6.63. The number of nitro groups is 1. The van der Waals surface area contributed by atoms with Crippen LogP contribution in [-0.2, 0) is 6.42 Å². The third-order valence-corrected chi connectivity index (χ3v) is 3.24. The van der Waals surface area contributed by atoms with Crippen molar-refractivity contribution in [1.82, 2.24) is 0 Å². The summed E-state index contributed by atoms with van der Waals surface area (Å²) < 4.78 is 5.51. The number of ether oxygens (including phenoxy) is 1. The van der Waals surface area contributed by atoms with E-state index >= 15 is 0 Å². The molecule has 0 aliphatic rings. The number of hydrogen-bond donors (Lipinski definition) is 0. The van der Waals surface area contributed by atoms with Crippen molar-refractivity contribution < 1.29 is 14.5 Å². The summed E-state index contributed by atoms with van der Waals surface area (Å²) in [6.07, 6.45) is 1.35. The number of carbonyl (C=O) groups is 1. The number of carbonyl (C=O) groups excluding carboxylic acids is 1. The molecule has 0 N–H and O–H groups in total. The summed E-state index contributed by atoms with van der Waals surface area (Å²) in [6, 6.07) is 9.25. The van der Waals surface area contributed by atoms with E-state index in [-0.39, 0.29) is 22.2 Å². The predicted molar refractivity (Wildman–Crippen MR) is 79.4 cm³/mol. The van der Waals surface area contributed by atoms with Gasteiger partial charge < -0.3 is 4.74 Å². The summed E-state index contributed by atoms with van der Waals surface area (Å²) in [5.41, 5.74) is 1.13. The molecule has 0 aromatic heterocycles. The van der Waals surface area contributed by atoms with Gasteiger partial charge in [0, 0.05) is 11.6 Å². The Balaban J connectivity index is 2.39. The average molecular weight is 306 g/mol. The van der Waals surface area contributed by atoms with Crippen LogP contribution in [0.25, 0.3) is 0 Å². The molecule has 0 amide bonds. The van der Waals surface area contributed by atoms with Crippen LogP contribution < -0.4 is 4.74 Å². The molecule has 6 heteroatoms. The summed E-state index contributed by atoms with van der Waals surface area (Å²) >= 11 is 5.99. The van der Waals surface area contributed by atoms with E-state index in [4.69, 9.17) is 16.3 Å². The van der Waals surface area contributed by atoms with Gasteiger partial charge in [-0.05, 0) is 36.2 Å². The highest BCUT2D eigenvalue weighted by Gasteiger charge is 2.17. The predicted octanol–water partition coefficient (Wildman–Crippen LogP) is 4.42. The van der Waals surface area contributed by atoms with Gasteiger partial charge in [0.25, 0.3) is 0 Å². The highest BCUT2D eigenvalue weighted by Crippen LogP contribution is 2.35. The fraction of sp³-hybridized carbons (Fsp3) is 0.133. The van der Waals surface area contributed by atoms with Gasteiger partial charge in [0.1, 0.15) is 12.0 Å².